The number of H-pyrrole nitrogens is 1. The summed E-state index contributed by atoms with van der Waals surface area (Å²) in [5.74, 6) is -0.531. The minimum atomic E-state index is -0.355. The Labute approximate surface area is 205 Å². The van der Waals surface area contributed by atoms with Crippen molar-refractivity contribution in [1.29, 1.82) is 0 Å². The smallest absolute Gasteiger partial charge is 0.280 e. The van der Waals surface area contributed by atoms with E-state index in [1.165, 1.54) is 11.3 Å². The summed E-state index contributed by atoms with van der Waals surface area (Å²) in [6.07, 6.45) is 1.66. The Morgan fingerprint density at radius 2 is 2.00 bits per heavy atom. The van der Waals surface area contributed by atoms with Crippen molar-refractivity contribution in [2.75, 3.05) is 33.2 Å². The molecule has 0 radical (unpaired) electrons. The van der Waals surface area contributed by atoms with Crippen molar-refractivity contribution in [3.8, 4) is 0 Å². The maximum atomic E-state index is 13.0. The van der Waals surface area contributed by atoms with Crippen molar-refractivity contribution >= 4 is 51.9 Å². The van der Waals surface area contributed by atoms with Crippen molar-refractivity contribution < 1.29 is 14.4 Å². The molecule has 0 aliphatic carbocycles. The lowest BCUT2D eigenvalue weighted by Gasteiger charge is -2.20. The quantitative estimate of drug-likeness (QED) is 0.444. The third kappa shape index (κ3) is 4.72. The summed E-state index contributed by atoms with van der Waals surface area (Å²) < 4.78 is 0. The standard InChI is InChI=1S/C23H25ClN6O3S/c1-29-5-4-16-20(12-29)34-23(28-16)22(33)27-19-11-30(6-7-31)10-18(19)26-21(32)17-9-13-8-14(24)2-3-15(13)25-17/h2-3,7-9,18-19,25H,4-6,10-12H2,1H3,(H,26,32)(H,27,33)/t18-,19-/m1/s1. The number of aromatic nitrogens is 2. The van der Waals surface area contributed by atoms with Gasteiger partial charge in [0.1, 0.15) is 12.0 Å². The van der Waals surface area contributed by atoms with Gasteiger partial charge < -0.3 is 25.3 Å². The van der Waals surface area contributed by atoms with E-state index in [0.717, 1.165) is 47.3 Å². The maximum Gasteiger partial charge on any atom is 0.280 e. The van der Waals surface area contributed by atoms with Crippen LogP contribution in [-0.4, -0.2) is 83.2 Å². The number of rotatable bonds is 6. The average Bonchev–Trinajstić information content (AvgIpc) is 3.50. The highest BCUT2D eigenvalue weighted by Crippen LogP contribution is 2.25. The molecule has 34 heavy (non-hydrogen) atoms. The summed E-state index contributed by atoms with van der Waals surface area (Å²) >= 11 is 7.47. The number of amides is 2. The Kier molecular flexibility index (Phi) is 6.39. The highest BCUT2D eigenvalue weighted by molar-refractivity contribution is 7.13. The zero-order valence-corrected chi connectivity index (χ0v) is 20.2. The number of thiazole rings is 1. The summed E-state index contributed by atoms with van der Waals surface area (Å²) in [6, 6.07) is 6.42. The van der Waals surface area contributed by atoms with E-state index in [1.54, 1.807) is 18.2 Å². The highest BCUT2D eigenvalue weighted by atomic mass is 35.5. The van der Waals surface area contributed by atoms with Gasteiger partial charge in [-0.25, -0.2) is 4.98 Å². The molecule has 2 amide bonds. The van der Waals surface area contributed by atoms with Crippen molar-refractivity contribution in [2.24, 2.45) is 0 Å². The zero-order chi connectivity index (χ0) is 23.8. The predicted molar refractivity (Wildman–Crippen MR) is 130 cm³/mol. The summed E-state index contributed by atoms with van der Waals surface area (Å²) in [7, 11) is 2.05. The van der Waals surface area contributed by atoms with Gasteiger partial charge in [0.05, 0.1) is 24.3 Å². The Morgan fingerprint density at radius 1 is 1.24 bits per heavy atom. The maximum absolute atomic E-state index is 13.0. The van der Waals surface area contributed by atoms with Crippen molar-refractivity contribution in [3.63, 3.8) is 0 Å². The molecule has 5 rings (SSSR count). The molecule has 4 heterocycles. The molecular weight excluding hydrogens is 476 g/mol. The number of hydrogen-bond acceptors (Lipinski definition) is 7. The van der Waals surface area contributed by atoms with Crippen LogP contribution in [0.2, 0.25) is 5.02 Å². The molecule has 3 aromatic rings. The second-order valence-electron chi connectivity index (χ2n) is 8.84. The summed E-state index contributed by atoms with van der Waals surface area (Å²) in [6.45, 7) is 2.88. The minimum absolute atomic E-state index is 0.238. The first-order chi connectivity index (χ1) is 16.4. The van der Waals surface area contributed by atoms with Gasteiger partial charge in [-0.3, -0.25) is 14.5 Å². The van der Waals surface area contributed by atoms with Gasteiger partial charge in [0.25, 0.3) is 11.8 Å². The lowest BCUT2D eigenvalue weighted by atomic mass is 10.1. The fourth-order valence-corrected chi connectivity index (χ4v) is 5.83. The number of fused-ring (bicyclic) bond motifs is 2. The van der Waals surface area contributed by atoms with Gasteiger partial charge in [-0.05, 0) is 31.3 Å². The van der Waals surface area contributed by atoms with Gasteiger partial charge >= 0.3 is 0 Å². The molecule has 2 aromatic heterocycles. The van der Waals surface area contributed by atoms with Crippen LogP contribution in [0.1, 0.15) is 30.9 Å². The fourth-order valence-electron chi connectivity index (χ4n) is 4.55. The number of nitrogens with zero attached hydrogens (tertiary/aromatic N) is 3. The third-order valence-corrected chi connectivity index (χ3v) is 7.62. The second-order valence-corrected chi connectivity index (χ2v) is 10.4. The Bertz CT molecular complexity index is 1260. The number of carbonyl (C=O) groups excluding carboxylic acids is 3. The second kappa shape index (κ2) is 9.46. The normalized spacial score (nSPS) is 20.9. The van der Waals surface area contributed by atoms with Crippen molar-refractivity contribution in [3.05, 3.63) is 50.6 Å². The van der Waals surface area contributed by atoms with E-state index in [1.807, 2.05) is 11.0 Å². The first kappa shape index (κ1) is 23.0. The first-order valence-corrected chi connectivity index (χ1v) is 12.3. The number of likely N-dealkylation sites (tertiary alicyclic amines) is 1. The number of nitrogens with one attached hydrogen (secondary N) is 3. The molecule has 2 aliphatic heterocycles. The van der Waals surface area contributed by atoms with E-state index in [0.29, 0.717) is 28.8 Å². The molecule has 2 atom stereocenters. The van der Waals surface area contributed by atoms with Crippen LogP contribution in [0, 0.1) is 0 Å². The van der Waals surface area contributed by atoms with Gasteiger partial charge in [-0.1, -0.05) is 11.6 Å². The monoisotopic (exact) mass is 500 g/mol. The van der Waals surface area contributed by atoms with E-state index < -0.39 is 0 Å². The number of aldehydes is 1. The molecule has 1 saturated heterocycles. The summed E-state index contributed by atoms with van der Waals surface area (Å²) in [5, 5.41) is 7.94. The van der Waals surface area contributed by atoms with Crippen LogP contribution in [0.4, 0.5) is 0 Å². The lowest BCUT2D eigenvalue weighted by Crippen LogP contribution is -2.51. The number of halogens is 1. The largest absolute Gasteiger partial charge is 0.351 e. The molecule has 0 unspecified atom stereocenters. The summed E-state index contributed by atoms with van der Waals surface area (Å²) in [5.41, 5.74) is 2.21. The first-order valence-electron chi connectivity index (χ1n) is 11.1. The van der Waals surface area contributed by atoms with Crippen LogP contribution in [0.25, 0.3) is 10.9 Å². The molecule has 2 aliphatic rings. The van der Waals surface area contributed by atoms with Crippen LogP contribution in [-0.2, 0) is 17.8 Å². The lowest BCUT2D eigenvalue weighted by molar-refractivity contribution is -0.108. The van der Waals surface area contributed by atoms with Gasteiger partial charge in [0, 0.05) is 53.4 Å². The molecule has 178 valence electrons. The minimum Gasteiger partial charge on any atom is -0.351 e. The fraction of sp³-hybridized carbons (Fsp3) is 0.391. The Hall–Kier alpha value is -2.79. The van der Waals surface area contributed by atoms with Crippen LogP contribution >= 0.6 is 22.9 Å². The zero-order valence-electron chi connectivity index (χ0n) is 18.6. The molecule has 1 fully saturated rings. The Balaban J connectivity index is 1.30. The molecule has 0 bridgehead atoms. The SMILES string of the molecule is CN1CCc2nc(C(=O)N[C@@H]3CN(CC=O)C[C@H]3NC(=O)c3cc4cc(Cl)ccc4[nH]3)sc2C1. The number of aromatic amines is 1. The number of benzene rings is 1. The molecule has 1 aromatic carbocycles. The number of carbonyl (C=O) groups is 3. The number of likely N-dealkylation sites (N-methyl/N-ethyl adjacent to an activating group) is 1. The Morgan fingerprint density at radius 3 is 2.76 bits per heavy atom. The van der Waals surface area contributed by atoms with E-state index >= 15 is 0 Å². The highest BCUT2D eigenvalue weighted by Gasteiger charge is 2.36. The molecular formula is C23H25ClN6O3S. The molecule has 9 nitrogen and oxygen atoms in total. The van der Waals surface area contributed by atoms with Crippen molar-refractivity contribution in [1.82, 2.24) is 30.4 Å². The molecule has 3 N–H and O–H groups in total. The van der Waals surface area contributed by atoms with Crippen molar-refractivity contribution in [2.45, 2.75) is 25.0 Å². The van der Waals surface area contributed by atoms with Crippen LogP contribution in [0.15, 0.2) is 24.3 Å². The van der Waals surface area contributed by atoms with Gasteiger partial charge in [0.15, 0.2) is 5.01 Å². The van der Waals surface area contributed by atoms with Crippen LogP contribution in [0.3, 0.4) is 0 Å². The van der Waals surface area contributed by atoms with Crippen LogP contribution in [0.5, 0.6) is 0 Å². The van der Waals surface area contributed by atoms with E-state index in [2.05, 4.69) is 32.5 Å². The van der Waals surface area contributed by atoms with E-state index in [4.69, 9.17) is 11.6 Å². The van der Waals surface area contributed by atoms with Crippen LogP contribution < -0.4 is 10.6 Å². The summed E-state index contributed by atoms with van der Waals surface area (Å²) in [4.78, 5) is 50.0. The predicted octanol–water partition coefficient (Wildman–Crippen LogP) is 1.68. The number of hydrogen-bond donors (Lipinski definition) is 3. The third-order valence-electron chi connectivity index (χ3n) is 6.30. The van der Waals surface area contributed by atoms with E-state index in [-0.39, 0.29) is 30.4 Å². The molecule has 11 heteroatoms. The van der Waals surface area contributed by atoms with Gasteiger partial charge in [0.2, 0.25) is 0 Å². The average molecular weight is 501 g/mol. The molecule has 0 saturated carbocycles. The van der Waals surface area contributed by atoms with Gasteiger partial charge in [-0.2, -0.15) is 0 Å². The topological polar surface area (TPSA) is 110 Å². The van der Waals surface area contributed by atoms with E-state index in [9.17, 15) is 14.4 Å². The molecule has 0 spiro atoms. The van der Waals surface area contributed by atoms with Gasteiger partial charge in [-0.15, -0.1) is 11.3 Å².